The van der Waals surface area contributed by atoms with E-state index >= 15 is 0 Å². The van der Waals surface area contributed by atoms with E-state index in [1.165, 1.54) is 0 Å². The highest BCUT2D eigenvalue weighted by Crippen LogP contribution is 2.33. The van der Waals surface area contributed by atoms with Crippen LogP contribution in [0.15, 0.2) is 42.9 Å². The summed E-state index contributed by atoms with van der Waals surface area (Å²) in [5.41, 5.74) is 2.93. The van der Waals surface area contributed by atoms with Crippen LogP contribution in [-0.2, 0) is 0 Å². The summed E-state index contributed by atoms with van der Waals surface area (Å²) in [7, 11) is 1.65. The summed E-state index contributed by atoms with van der Waals surface area (Å²) in [5, 5.41) is 4.65. The van der Waals surface area contributed by atoms with E-state index in [0.29, 0.717) is 5.88 Å². The number of nitrogens with zero attached hydrogens (tertiary/aromatic N) is 4. The van der Waals surface area contributed by atoms with Crippen molar-refractivity contribution in [3.8, 4) is 5.88 Å². The third-order valence-electron chi connectivity index (χ3n) is 3.56. The minimum absolute atomic E-state index is 0.167. The zero-order valence-electron chi connectivity index (χ0n) is 12.2. The molecule has 1 unspecified atom stereocenters. The summed E-state index contributed by atoms with van der Waals surface area (Å²) in [6.45, 7) is 2.17. The van der Waals surface area contributed by atoms with Crippen molar-refractivity contribution in [1.82, 2.24) is 19.6 Å². The van der Waals surface area contributed by atoms with Crippen molar-refractivity contribution in [2.75, 3.05) is 7.11 Å². The molecule has 0 spiro atoms. The lowest BCUT2D eigenvalue weighted by molar-refractivity contribution is 0.389. The largest absolute Gasteiger partial charge is 0.481 e. The first-order valence-corrected chi connectivity index (χ1v) is 7.12. The maximum atomic E-state index is 5.41. The lowest BCUT2D eigenvalue weighted by Crippen LogP contribution is -2.05. The van der Waals surface area contributed by atoms with Crippen LogP contribution >= 0.6 is 0 Å². The lowest BCUT2D eigenvalue weighted by Gasteiger charge is -2.16. The van der Waals surface area contributed by atoms with E-state index in [0.717, 1.165) is 29.7 Å². The normalized spacial score (nSPS) is 12.5. The van der Waals surface area contributed by atoms with E-state index in [2.05, 4.69) is 28.1 Å². The smallest absolute Gasteiger partial charge is 0.216 e. The van der Waals surface area contributed by atoms with Crippen molar-refractivity contribution in [1.29, 1.82) is 0 Å². The van der Waals surface area contributed by atoms with Gasteiger partial charge in [-0.05, 0) is 18.6 Å². The summed E-state index contributed by atoms with van der Waals surface area (Å²) in [6, 6.07) is 7.91. The Bertz CT molecular complexity index is 705. The number of aromatic nitrogens is 4. The maximum Gasteiger partial charge on any atom is 0.216 e. The summed E-state index contributed by atoms with van der Waals surface area (Å²) < 4.78 is 7.21. The Labute approximate surface area is 123 Å². The molecule has 5 heteroatoms. The van der Waals surface area contributed by atoms with E-state index in [1.807, 2.05) is 24.4 Å². The van der Waals surface area contributed by atoms with Crippen LogP contribution in [0.2, 0.25) is 0 Å². The van der Waals surface area contributed by atoms with Gasteiger partial charge in [0.05, 0.1) is 12.8 Å². The third kappa shape index (κ3) is 2.59. The molecule has 21 heavy (non-hydrogen) atoms. The fourth-order valence-corrected chi connectivity index (χ4v) is 2.61. The molecule has 0 radical (unpaired) electrons. The molecule has 0 bridgehead atoms. The van der Waals surface area contributed by atoms with Gasteiger partial charge < -0.3 is 4.74 Å². The zero-order chi connectivity index (χ0) is 14.7. The average molecular weight is 282 g/mol. The molecule has 0 aliphatic heterocycles. The fourth-order valence-electron chi connectivity index (χ4n) is 2.61. The number of hydrogen-bond acceptors (Lipinski definition) is 4. The van der Waals surface area contributed by atoms with Gasteiger partial charge >= 0.3 is 0 Å². The summed E-state index contributed by atoms with van der Waals surface area (Å²) in [5.74, 6) is 0.835. The van der Waals surface area contributed by atoms with E-state index < -0.39 is 0 Å². The summed E-state index contributed by atoms with van der Waals surface area (Å²) in [6.07, 6.45) is 7.49. The van der Waals surface area contributed by atoms with Crippen molar-refractivity contribution in [3.05, 3.63) is 54.1 Å². The highest BCUT2D eigenvalue weighted by atomic mass is 16.5. The van der Waals surface area contributed by atoms with Gasteiger partial charge in [0, 0.05) is 36.1 Å². The molecule has 0 aromatic carbocycles. The molecule has 0 aliphatic carbocycles. The van der Waals surface area contributed by atoms with Gasteiger partial charge in [-0.25, -0.2) is 14.5 Å². The number of hydrogen-bond donors (Lipinski definition) is 0. The SMILES string of the molecule is CCCC(c1cc2ncccn2n1)c1cccnc1OC. The first kappa shape index (κ1) is 13.5. The molecular weight excluding hydrogens is 264 g/mol. The lowest BCUT2D eigenvalue weighted by atomic mass is 9.92. The second kappa shape index (κ2) is 5.91. The van der Waals surface area contributed by atoms with Crippen LogP contribution in [0, 0.1) is 0 Å². The van der Waals surface area contributed by atoms with Crippen LogP contribution in [0.4, 0.5) is 0 Å². The van der Waals surface area contributed by atoms with E-state index in [9.17, 15) is 0 Å². The van der Waals surface area contributed by atoms with Crippen LogP contribution in [-0.4, -0.2) is 26.7 Å². The first-order chi connectivity index (χ1) is 10.3. The Hall–Kier alpha value is -2.43. The standard InChI is InChI=1S/C16H18N4O/c1-3-6-12(13-7-4-8-18-16(13)21-2)14-11-15-17-9-5-10-20(15)19-14/h4-5,7-12H,3,6H2,1-2H3. The molecule has 1 atom stereocenters. The van der Waals surface area contributed by atoms with E-state index in [1.54, 1.807) is 24.0 Å². The minimum atomic E-state index is 0.167. The molecule has 108 valence electrons. The molecule has 5 nitrogen and oxygen atoms in total. The Kier molecular flexibility index (Phi) is 3.81. The van der Waals surface area contributed by atoms with Gasteiger partial charge in [-0.2, -0.15) is 5.10 Å². The fraction of sp³-hybridized carbons (Fsp3) is 0.312. The molecule has 3 aromatic rings. The number of pyridine rings is 1. The van der Waals surface area contributed by atoms with E-state index in [4.69, 9.17) is 4.74 Å². The molecule has 0 saturated heterocycles. The topological polar surface area (TPSA) is 52.3 Å². The second-order valence-electron chi connectivity index (χ2n) is 4.93. The van der Waals surface area contributed by atoms with Gasteiger partial charge in [-0.3, -0.25) is 0 Å². The summed E-state index contributed by atoms with van der Waals surface area (Å²) in [4.78, 5) is 8.64. The second-order valence-corrected chi connectivity index (χ2v) is 4.93. The van der Waals surface area contributed by atoms with Crippen LogP contribution in [0.1, 0.15) is 36.9 Å². The van der Waals surface area contributed by atoms with Gasteiger partial charge in [0.15, 0.2) is 5.65 Å². The number of fused-ring (bicyclic) bond motifs is 1. The van der Waals surface area contributed by atoms with Crippen LogP contribution in [0.25, 0.3) is 5.65 Å². The Morgan fingerprint density at radius 2 is 2.10 bits per heavy atom. The molecule has 3 rings (SSSR count). The monoisotopic (exact) mass is 282 g/mol. The number of ether oxygens (including phenoxy) is 1. The molecule has 3 heterocycles. The number of methoxy groups -OCH3 is 1. The third-order valence-corrected chi connectivity index (χ3v) is 3.56. The average Bonchev–Trinajstić information content (AvgIpc) is 2.96. The summed E-state index contributed by atoms with van der Waals surface area (Å²) >= 11 is 0. The molecule has 0 N–H and O–H groups in total. The Balaban J connectivity index is 2.08. The Morgan fingerprint density at radius 3 is 2.86 bits per heavy atom. The van der Waals surface area contributed by atoms with Crippen LogP contribution in [0.5, 0.6) is 5.88 Å². The van der Waals surface area contributed by atoms with Crippen LogP contribution < -0.4 is 4.74 Å². The van der Waals surface area contributed by atoms with Gasteiger partial charge in [-0.15, -0.1) is 0 Å². The molecule has 3 aromatic heterocycles. The van der Waals surface area contributed by atoms with Crippen molar-refractivity contribution >= 4 is 5.65 Å². The van der Waals surface area contributed by atoms with Gasteiger partial charge in [-0.1, -0.05) is 19.4 Å². The van der Waals surface area contributed by atoms with Crippen molar-refractivity contribution in [2.45, 2.75) is 25.7 Å². The zero-order valence-corrected chi connectivity index (χ0v) is 12.2. The molecular formula is C16H18N4O. The first-order valence-electron chi connectivity index (χ1n) is 7.12. The molecule has 0 fully saturated rings. The van der Waals surface area contributed by atoms with Crippen molar-refractivity contribution in [2.24, 2.45) is 0 Å². The van der Waals surface area contributed by atoms with Crippen molar-refractivity contribution in [3.63, 3.8) is 0 Å². The van der Waals surface area contributed by atoms with E-state index in [-0.39, 0.29) is 5.92 Å². The molecule has 0 aliphatic rings. The maximum absolute atomic E-state index is 5.41. The Morgan fingerprint density at radius 1 is 1.24 bits per heavy atom. The van der Waals surface area contributed by atoms with Gasteiger partial charge in [0.25, 0.3) is 0 Å². The number of rotatable bonds is 5. The van der Waals surface area contributed by atoms with Crippen LogP contribution in [0.3, 0.4) is 0 Å². The predicted octanol–water partition coefficient (Wildman–Crippen LogP) is 3.06. The minimum Gasteiger partial charge on any atom is -0.481 e. The quantitative estimate of drug-likeness (QED) is 0.721. The predicted molar refractivity (Wildman–Crippen MR) is 80.5 cm³/mol. The highest BCUT2D eigenvalue weighted by molar-refractivity contribution is 5.43. The van der Waals surface area contributed by atoms with Gasteiger partial charge in [0.1, 0.15) is 0 Å². The highest BCUT2D eigenvalue weighted by Gasteiger charge is 2.21. The molecule has 0 saturated carbocycles. The van der Waals surface area contributed by atoms with Crippen molar-refractivity contribution < 1.29 is 4.74 Å². The molecule has 0 amide bonds. The van der Waals surface area contributed by atoms with Gasteiger partial charge in [0.2, 0.25) is 5.88 Å².